The number of allylic oxidation sites excluding steroid dienone is 2. The Balaban J connectivity index is 1.85. The van der Waals surface area contributed by atoms with E-state index in [0.29, 0.717) is 12.8 Å². The third-order valence-corrected chi connectivity index (χ3v) is 5.71. The molecule has 4 rings (SSSR count). The Morgan fingerprint density at radius 2 is 1.50 bits per heavy atom. The average molecular weight is 294 g/mol. The van der Waals surface area contributed by atoms with Crippen LogP contribution in [0.2, 0.25) is 0 Å². The Morgan fingerprint density at radius 1 is 1.00 bits per heavy atom. The first-order valence-electron chi connectivity index (χ1n) is 7.02. The first-order valence-corrected chi connectivity index (χ1v) is 7.02. The molecule has 112 valence electrons. The number of hydrogen-bond donors (Lipinski definition) is 0. The molecule has 4 aliphatic rings. The number of ether oxygens (including phenoxy) is 1. The summed E-state index contributed by atoms with van der Waals surface area (Å²) in [6.45, 7) is 2.99. The fourth-order valence-corrected chi connectivity index (χ4v) is 5.05. The molecular formula is C14H15F5O. The zero-order valence-corrected chi connectivity index (χ0v) is 11.2. The molecule has 3 fully saturated rings. The summed E-state index contributed by atoms with van der Waals surface area (Å²) in [5.74, 6) is -4.38. The van der Waals surface area contributed by atoms with Gasteiger partial charge in [0.05, 0.1) is 6.10 Å². The normalized spacial score (nSPS) is 59.2. The number of fused-ring (bicyclic) bond motifs is 7. The van der Waals surface area contributed by atoms with Crippen LogP contribution in [-0.2, 0) is 4.74 Å². The molecule has 0 N–H and O–H groups in total. The highest BCUT2D eigenvalue weighted by Gasteiger charge is 3.09. The SMILES string of the molecule is CC(C)OC1=C(F)[C@]2(F)[C@@]1(F)[C@@]1(F)[C@@H]3CCC[C@@H]3[C@@]21F. The van der Waals surface area contributed by atoms with E-state index in [1.165, 1.54) is 13.8 Å². The maximum Gasteiger partial charge on any atom is 0.250 e. The maximum atomic E-state index is 15.0. The van der Waals surface area contributed by atoms with Gasteiger partial charge in [0.2, 0.25) is 5.67 Å². The molecule has 3 saturated carbocycles. The van der Waals surface area contributed by atoms with Crippen molar-refractivity contribution in [3.8, 4) is 0 Å². The molecule has 0 aromatic heterocycles. The number of hydrogen-bond acceptors (Lipinski definition) is 1. The van der Waals surface area contributed by atoms with Gasteiger partial charge in [0, 0.05) is 11.8 Å². The van der Waals surface area contributed by atoms with Crippen LogP contribution in [0.3, 0.4) is 0 Å². The van der Waals surface area contributed by atoms with Gasteiger partial charge in [0.1, 0.15) is 0 Å². The van der Waals surface area contributed by atoms with Crippen LogP contribution in [0.15, 0.2) is 11.6 Å². The van der Waals surface area contributed by atoms with E-state index in [1.807, 2.05) is 0 Å². The summed E-state index contributed by atoms with van der Waals surface area (Å²) < 4.78 is 78.1. The van der Waals surface area contributed by atoms with Crippen molar-refractivity contribution in [2.45, 2.75) is 61.9 Å². The van der Waals surface area contributed by atoms with Crippen LogP contribution in [-0.4, -0.2) is 28.8 Å². The van der Waals surface area contributed by atoms with E-state index in [0.717, 1.165) is 0 Å². The molecule has 6 atom stereocenters. The molecule has 20 heavy (non-hydrogen) atoms. The van der Waals surface area contributed by atoms with Gasteiger partial charge in [0.25, 0.3) is 5.67 Å². The van der Waals surface area contributed by atoms with E-state index in [1.54, 1.807) is 0 Å². The third-order valence-electron chi connectivity index (χ3n) is 5.71. The Bertz CT molecular complexity index is 548. The van der Waals surface area contributed by atoms with Crippen LogP contribution in [0.4, 0.5) is 22.0 Å². The van der Waals surface area contributed by atoms with Gasteiger partial charge in [0.15, 0.2) is 22.9 Å². The second-order valence-electron chi connectivity index (χ2n) is 6.69. The van der Waals surface area contributed by atoms with Gasteiger partial charge in [-0.1, -0.05) is 6.42 Å². The van der Waals surface area contributed by atoms with E-state index in [-0.39, 0.29) is 6.42 Å². The average Bonchev–Trinajstić information content (AvgIpc) is 2.87. The lowest BCUT2D eigenvalue weighted by atomic mass is 9.28. The molecule has 0 bridgehead atoms. The van der Waals surface area contributed by atoms with Crippen LogP contribution in [0.5, 0.6) is 0 Å². The first-order chi connectivity index (χ1) is 9.19. The topological polar surface area (TPSA) is 9.23 Å². The number of alkyl halides is 4. The Hall–Kier alpha value is -0.810. The fraction of sp³-hybridized carbons (Fsp3) is 0.857. The van der Waals surface area contributed by atoms with E-state index < -0.39 is 52.2 Å². The van der Waals surface area contributed by atoms with Crippen LogP contribution < -0.4 is 0 Å². The number of halogens is 5. The predicted molar refractivity (Wildman–Crippen MR) is 60.5 cm³/mol. The molecule has 4 aliphatic carbocycles. The quantitative estimate of drug-likeness (QED) is 0.702. The van der Waals surface area contributed by atoms with Crippen molar-refractivity contribution in [1.82, 2.24) is 0 Å². The van der Waals surface area contributed by atoms with E-state index in [9.17, 15) is 22.0 Å². The molecule has 0 spiro atoms. The molecule has 1 nitrogen and oxygen atoms in total. The predicted octanol–water partition coefficient (Wildman–Crippen LogP) is 3.88. The zero-order valence-electron chi connectivity index (χ0n) is 11.2. The van der Waals surface area contributed by atoms with E-state index in [2.05, 4.69) is 0 Å². The minimum Gasteiger partial charge on any atom is -0.489 e. The van der Waals surface area contributed by atoms with Crippen molar-refractivity contribution >= 4 is 0 Å². The molecule has 0 radical (unpaired) electrons. The van der Waals surface area contributed by atoms with E-state index in [4.69, 9.17) is 4.74 Å². The molecule has 0 aromatic rings. The molecule has 0 unspecified atom stereocenters. The molecule has 0 aromatic carbocycles. The van der Waals surface area contributed by atoms with Crippen molar-refractivity contribution in [2.75, 3.05) is 0 Å². The lowest BCUT2D eigenvalue weighted by molar-refractivity contribution is -0.444. The third kappa shape index (κ3) is 0.756. The zero-order chi connectivity index (χ0) is 14.7. The maximum absolute atomic E-state index is 15.0. The highest BCUT2D eigenvalue weighted by Crippen LogP contribution is 2.89. The molecule has 0 amide bonds. The highest BCUT2D eigenvalue weighted by molar-refractivity contribution is 5.66. The van der Waals surface area contributed by atoms with Crippen LogP contribution in [0, 0.1) is 11.8 Å². The summed E-state index contributed by atoms with van der Waals surface area (Å²) in [7, 11) is 0. The summed E-state index contributed by atoms with van der Waals surface area (Å²) in [5.41, 5.74) is -12.8. The minimum atomic E-state index is -3.50. The van der Waals surface area contributed by atoms with Gasteiger partial charge in [-0.2, -0.15) is 0 Å². The highest BCUT2D eigenvalue weighted by atomic mass is 19.2. The summed E-state index contributed by atoms with van der Waals surface area (Å²) in [6, 6.07) is 0. The summed E-state index contributed by atoms with van der Waals surface area (Å²) in [5, 5.41) is 0. The van der Waals surface area contributed by atoms with Crippen LogP contribution >= 0.6 is 0 Å². The van der Waals surface area contributed by atoms with E-state index >= 15 is 0 Å². The van der Waals surface area contributed by atoms with Gasteiger partial charge in [-0.05, 0) is 26.7 Å². The molecule has 0 saturated heterocycles. The van der Waals surface area contributed by atoms with Gasteiger partial charge in [-0.3, -0.25) is 0 Å². The summed E-state index contributed by atoms with van der Waals surface area (Å²) in [6.07, 6.45) is 0.472. The minimum absolute atomic E-state index is 0.280. The largest absolute Gasteiger partial charge is 0.489 e. The van der Waals surface area contributed by atoms with Gasteiger partial charge in [-0.25, -0.2) is 22.0 Å². The van der Waals surface area contributed by atoms with Gasteiger partial charge >= 0.3 is 0 Å². The summed E-state index contributed by atoms with van der Waals surface area (Å²) in [4.78, 5) is 0. The van der Waals surface area contributed by atoms with Gasteiger partial charge in [-0.15, -0.1) is 0 Å². The first kappa shape index (κ1) is 12.9. The monoisotopic (exact) mass is 294 g/mol. The van der Waals surface area contributed by atoms with Crippen molar-refractivity contribution in [1.29, 1.82) is 0 Å². The van der Waals surface area contributed by atoms with Crippen molar-refractivity contribution in [3.05, 3.63) is 11.6 Å². The molecule has 0 aliphatic heterocycles. The van der Waals surface area contributed by atoms with Crippen molar-refractivity contribution < 1.29 is 26.7 Å². The van der Waals surface area contributed by atoms with Crippen LogP contribution in [0.25, 0.3) is 0 Å². The summed E-state index contributed by atoms with van der Waals surface area (Å²) >= 11 is 0. The Kier molecular flexibility index (Phi) is 1.95. The number of rotatable bonds is 2. The second kappa shape index (κ2) is 3.02. The van der Waals surface area contributed by atoms with Gasteiger partial charge < -0.3 is 4.74 Å². The molecule has 6 heteroatoms. The second-order valence-corrected chi connectivity index (χ2v) is 6.69. The standard InChI is InChI=1S/C14H15F5O/c1-6(2)20-10-9(15)13(18)11(16)7-4-3-5-8(7)12(11,17)14(10,13)19/h6-8H,3-5H2,1-2H3/t7-,8+,11-,12+,13+,14-/m0/s1. The Labute approximate surface area is 113 Å². The lowest BCUT2D eigenvalue weighted by Gasteiger charge is -2.79. The molecule has 0 heterocycles. The smallest absolute Gasteiger partial charge is 0.250 e. The Morgan fingerprint density at radius 3 is 2.00 bits per heavy atom. The van der Waals surface area contributed by atoms with Crippen LogP contribution in [0.1, 0.15) is 33.1 Å². The lowest BCUT2D eigenvalue weighted by Crippen LogP contribution is -3.02. The van der Waals surface area contributed by atoms with Crippen molar-refractivity contribution in [2.24, 2.45) is 11.8 Å². The molecular weight excluding hydrogens is 279 g/mol. The fourth-order valence-electron chi connectivity index (χ4n) is 5.05. The van der Waals surface area contributed by atoms with Crippen molar-refractivity contribution in [3.63, 3.8) is 0 Å².